The highest BCUT2D eigenvalue weighted by atomic mass is 16.7. The van der Waals surface area contributed by atoms with Crippen LogP contribution in [0.5, 0.6) is 5.75 Å². The van der Waals surface area contributed by atoms with E-state index in [-0.39, 0.29) is 0 Å². The Labute approximate surface area is 137 Å². The molecule has 2 N–H and O–H groups in total. The monoisotopic (exact) mass is 313 g/mol. The minimum absolute atomic E-state index is 0.453. The molecule has 3 rings (SSSR count). The molecule has 1 heterocycles. The number of aliphatic hydroxyl groups is 1. The van der Waals surface area contributed by atoms with E-state index in [2.05, 4.69) is 17.4 Å². The maximum absolute atomic E-state index is 10.5. The lowest BCUT2D eigenvalue weighted by molar-refractivity contribution is -0.180. The van der Waals surface area contributed by atoms with Crippen molar-refractivity contribution in [2.24, 2.45) is 0 Å². The van der Waals surface area contributed by atoms with Crippen molar-refractivity contribution in [3.05, 3.63) is 65.2 Å². The summed E-state index contributed by atoms with van der Waals surface area (Å²) in [7, 11) is 0. The van der Waals surface area contributed by atoms with Gasteiger partial charge in [-0.05, 0) is 17.2 Å². The Bertz CT molecular complexity index is 655. The van der Waals surface area contributed by atoms with Crippen molar-refractivity contribution in [1.82, 2.24) is 5.32 Å². The van der Waals surface area contributed by atoms with Gasteiger partial charge in [-0.1, -0.05) is 42.5 Å². The molecule has 0 amide bonds. The summed E-state index contributed by atoms with van der Waals surface area (Å²) in [4.78, 5) is 0. The van der Waals surface area contributed by atoms with Gasteiger partial charge in [-0.15, -0.1) is 0 Å². The molecule has 1 aliphatic heterocycles. The van der Waals surface area contributed by atoms with Crippen molar-refractivity contribution in [2.75, 3.05) is 6.54 Å². The number of hydrogen-bond donors (Lipinski definition) is 2. The smallest absolute Gasteiger partial charge is 0.205 e. The van der Waals surface area contributed by atoms with E-state index >= 15 is 0 Å². The molecule has 0 unspecified atom stereocenters. The van der Waals surface area contributed by atoms with Crippen molar-refractivity contribution in [3.63, 3.8) is 0 Å². The van der Waals surface area contributed by atoms with Gasteiger partial charge in [0, 0.05) is 32.5 Å². The second-order valence-corrected chi connectivity index (χ2v) is 6.25. The lowest BCUT2D eigenvalue weighted by Crippen LogP contribution is -2.36. The number of aliphatic hydroxyl groups excluding tert-OH is 1. The van der Waals surface area contributed by atoms with Crippen LogP contribution in [0.2, 0.25) is 0 Å². The molecule has 0 bridgehead atoms. The molecule has 1 aliphatic rings. The largest absolute Gasteiger partial charge is 0.463 e. The third-order valence-corrected chi connectivity index (χ3v) is 3.96. The Balaban J connectivity index is 1.65. The summed E-state index contributed by atoms with van der Waals surface area (Å²) in [5.74, 6) is 0.170. The Morgan fingerprint density at radius 3 is 2.70 bits per heavy atom. The minimum atomic E-state index is -0.623. The van der Waals surface area contributed by atoms with Crippen LogP contribution in [0.15, 0.2) is 48.5 Å². The molecule has 4 nitrogen and oxygen atoms in total. The molecule has 0 fully saturated rings. The van der Waals surface area contributed by atoms with Crippen LogP contribution in [0.4, 0.5) is 0 Å². The van der Waals surface area contributed by atoms with E-state index < -0.39 is 11.9 Å². The SMILES string of the molecule is CC1(C)OCc2c(cccc2[C@@H](O)CNCc2ccccc2)O1. The van der Waals surface area contributed by atoms with Crippen molar-refractivity contribution >= 4 is 0 Å². The Hall–Kier alpha value is -1.88. The van der Waals surface area contributed by atoms with Crippen LogP contribution < -0.4 is 10.1 Å². The number of nitrogens with one attached hydrogen (secondary N) is 1. The summed E-state index contributed by atoms with van der Waals surface area (Å²) < 4.78 is 11.5. The van der Waals surface area contributed by atoms with E-state index in [1.807, 2.05) is 50.2 Å². The van der Waals surface area contributed by atoms with Crippen molar-refractivity contribution in [2.45, 2.75) is 38.9 Å². The van der Waals surface area contributed by atoms with E-state index in [9.17, 15) is 5.11 Å². The Morgan fingerprint density at radius 2 is 1.91 bits per heavy atom. The molecule has 2 aromatic rings. The summed E-state index contributed by atoms with van der Waals surface area (Å²) in [6, 6.07) is 15.9. The Morgan fingerprint density at radius 1 is 1.13 bits per heavy atom. The van der Waals surface area contributed by atoms with Gasteiger partial charge in [0.2, 0.25) is 5.79 Å². The zero-order valence-electron chi connectivity index (χ0n) is 13.6. The predicted octanol–water partition coefficient (Wildman–Crippen LogP) is 3.15. The first-order valence-corrected chi connectivity index (χ1v) is 7.93. The van der Waals surface area contributed by atoms with E-state index in [1.54, 1.807) is 0 Å². The fraction of sp³-hybridized carbons (Fsp3) is 0.368. The fourth-order valence-electron chi connectivity index (χ4n) is 2.74. The molecule has 4 heteroatoms. The van der Waals surface area contributed by atoms with Crippen molar-refractivity contribution in [3.8, 4) is 5.75 Å². The number of ether oxygens (including phenoxy) is 2. The lowest BCUT2D eigenvalue weighted by atomic mass is 10.0. The van der Waals surface area contributed by atoms with Gasteiger partial charge in [0.1, 0.15) is 5.75 Å². The maximum atomic E-state index is 10.5. The second kappa shape index (κ2) is 6.71. The van der Waals surface area contributed by atoms with Gasteiger partial charge in [-0.2, -0.15) is 0 Å². The van der Waals surface area contributed by atoms with Crippen LogP contribution in [0.3, 0.4) is 0 Å². The number of rotatable bonds is 5. The first-order chi connectivity index (χ1) is 11.1. The molecule has 2 aromatic carbocycles. The van der Waals surface area contributed by atoms with E-state index in [0.717, 1.165) is 23.4 Å². The standard InChI is InChI=1S/C19H23NO3/c1-19(2)22-13-16-15(9-6-10-18(16)23-19)17(21)12-20-11-14-7-4-3-5-8-14/h3-10,17,20-21H,11-13H2,1-2H3/t17-/m0/s1. The second-order valence-electron chi connectivity index (χ2n) is 6.25. The van der Waals surface area contributed by atoms with Gasteiger partial charge in [-0.25, -0.2) is 0 Å². The van der Waals surface area contributed by atoms with Crippen LogP contribution in [-0.2, 0) is 17.9 Å². The third-order valence-electron chi connectivity index (χ3n) is 3.96. The van der Waals surface area contributed by atoms with Crippen LogP contribution >= 0.6 is 0 Å². The van der Waals surface area contributed by atoms with Crippen LogP contribution in [0, 0.1) is 0 Å². The van der Waals surface area contributed by atoms with Crippen LogP contribution in [-0.4, -0.2) is 17.4 Å². The van der Waals surface area contributed by atoms with Gasteiger partial charge in [0.15, 0.2) is 0 Å². The molecule has 0 saturated heterocycles. The molecule has 0 aromatic heterocycles. The van der Waals surface area contributed by atoms with Gasteiger partial charge in [-0.3, -0.25) is 0 Å². The highest BCUT2D eigenvalue weighted by Gasteiger charge is 2.29. The summed E-state index contributed by atoms with van der Waals surface area (Å²) in [6.07, 6.45) is -0.595. The maximum Gasteiger partial charge on any atom is 0.205 e. The zero-order valence-corrected chi connectivity index (χ0v) is 13.6. The normalized spacial score (nSPS) is 17.2. The molecule has 122 valence electrons. The molecule has 0 spiro atoms. The zero-order chi connectivity index (χ0) is 16.3. The lowest BCUT2D eigenvalue weighted by Gasteiger charge is -2.34. The van der Waals surface area contributed by atoms with E-state index in [0.29, 0.717) is 13.2 Å². The first kappa shape index (κ1) is 16.0. The van der Waals surface area contributed by atoms with Gasteiger partial charge in [0.25, 0.3) is 0 Å². The molecular weight excluding hydrogens is 290 g/mol. The van der Waals surface area contributed by atoms with Gasteiger partial charge >= 0.3 is 0 Å². The summed E-state index contributed by atoms with van der Waals surface area (Å²) in [5, 5.41) is 13.8. The topological polar surface area (TPSA) is 50.7 Å². The van der Waals surface area contributed by atoms with Gasteiger partial charge < -0.3 is 19.9 Å². The predicted molar refractivity (Wildman–Crippen MR) is 89.0 cm³/mol. The average Bonchev–Trinajstić information content (AvgIpc) is 2.54. The van der Waals surface area contributed by atoms with E-state index in [1.165, 1.54) is 5.56 Å². The highest BCUT2D eigenvalue weighted by molar-refractivity contribution is 5.42. The quantitative estimate of drug-likeness (QED) is 0.890. The molecule has 0 radical (unpaired) electrons. The Kier molecular flexibility index (Phi) is 4.66. The average molecular weight is 313 g/mol. The number of hydrogen-bond acceptors (Lipinski definition) is 4. The molecule has 23 heavy (non-hydrogen) atoms. The third kappa shape index (κ3) is 3.91. The number of benzene rings is 2. The van der Waals surface area contributed by atoms with Crippen molar-refractivity contribution in [1.29, 1.82) is 0 Å². The first-order valence-electron chi connectivity index (χ1n) is 7.93. The van der Waals surface area contributed by atoms with Crippen LogP contribution in [0.25, 0.3) is 0 Å². The molecule has 0 saturated carbocycles. The molecule has 0 aliphatic carbocycles. The van der Waals surface area contributed by atoms with Crippen LogP contribution in [0.1, 0.15) is 36.6 Å². The van der Waals surface area contributed by atoms with Gasteiger partial charge in [0.05, 0.1) is 12.7 Å². The molecule has 1 atom stereocenters. The summed E-state index contributed by atoms with van der Waals surface area (Å²) >= 11 is 0. The summed E-state index contributed by atoms with van der Waals surface area (Å²) in [5.41, 5.74) is 2.99. The summed E-state index contributed by atoms with van der Waals surface area (Å²) in [6.45, 7) is 5.44. The fourth-order valence-corrected chi connectivity index (χ4v) is 2.74. The minimum Gasteiger partial charge on any atom is -0.463 e. The van der Waals surface area contributed by atoms with E-state index in [4.69, 9.17) is 9.47 Å². The number of fused-ring (bicyclic) bond motifs is 1. The highest BCUT2D eigenvalue weighted by Crippen LogP contribution is 2.35. The molecular formula is C19H23NO3. The van der Waals surface area contributed by atoms with Crippen molar-refractivity contribution < 1.29 is 14.6 Å².